The molecule has 0 spiro atoms. The predicted molar refractivity (Wildman–Crippen MR) is 158 cm³/mol. The number of nitrogens with zero attached hydrogens (tertiary/aromatic N) is 1. The first kappa shape index (κ1) is 29.7. The van der Waals surface area contributed by atoms with Gasteiger partial charge in [-0.15, -0.1) is 0 Å². The van der Waals surface area contributed by atoms with Crippen molar-refractivity contribution in [3.63, 3.8) is 0 Å². The highest BCUT2D eigenvalue weighted by atomic mass is 19.1. The molecule has 1 unspecified atom stereocenters. The maximum Gasteiger partial charge on any atom is 0.165 e. The molecule has 0 saturated heterocycles. The van der Waals surface area contributed by atoms with Gasteiger partial charge in [-0.3, -0.25) is 0 Å². The van der Waals surface area contributed by atoms with Gasteiger partial charge in [-0.2, -0.15) is 0 Å². The molecule has 0 aliphatic heterocycles. The Hall–Kier alpha value is -3.29. The number of hydrogen-bond donors (Lipinski definition) is 2. The summed E-state index contributed by atoms with van der Waals surface area (Å²) in [6.45, 7) is 7.50. The number of phenolic OH excluding ortho intramolecular Hbond substituents is 1. The van der Waals surface area contributed by atoms with E-state index < -0.39 is 0 Å². The van der Waals surface area contributed by atoms with Crippen LogP contribution >= 0.6 is 0 Å². The number of nitrogens with one attached hydrogen (secondary N) is 1. The molecule has 0 saturated carbocycles. The van der Waals surface area contributed by atoms with Crippen LogP contribution in [0, 0.1) is 5.82 Å². The SMILES string of the molecule is COCCCNCCOc1ccc(CN(c2cc(OC)ccc2C2CCc3cc(O)ccc3C2)C(C)C)cc1F. The Labute approximate surface area is 238 Å². The second-order valence-electron chi connectivity index (χ2n) is 10.7. The summed E-state index contributed by atoms with van der Waals surface area (Å²) >= 11 is 0. The zero-order valence-electron chi connectivity index (χ0n) is 24.2. The van der Waals surface area contributed by atoms with E-state index in [1.165, 1.54) is 16.7 Å². The number of aromatic hydroxyl groups is 1. The Balaban J connectivity index is 1.49. The first-order valence-corrected chi connectivity index (χ1v) is 14.3. The molecule has 40 heavy (non-hydrogen) atoms. The van der Waals surface area contributed by atoms with Gasteiger partial charge in [0.25, 0.3) is 0 Å². The van der Waals surface area contributed by atoms with Crippen molar-refractivity contribution in [2.45, 2.75) is 58.0 Å². The third-order valence-corrected chi connectivity index (χ3v) is 7.62. The summed E-state index contributed by atoms with van der Waals surface area (Å²) in [6.07, 6.45) is 3.78. The van der Waals surface area contributed by atoms with E-state index in [2.05, 4.69) is 36.2 Å². The number of rotatable bonds is 14. The van der Waals surface area contributed by atoms with Gasteiger partial charge in [-0.25, -0.2) is 4.39 Å². The molecular formula is C33H43FN2O4. The maximum absolute atomic E-state index is 15.0. The average molecular weight is 551 g/mol. The number of ether oxygens (including phenoxy) is 3. The lowest BCUT2D eigenvalue weighted by Gasteiger charge is -2.35. The van der Waals surface area contributed by atoms with Gasteiger partial charge in [-0.05, 0) is 105 Å². The summed E-state index contributed by atoms with van der Waals surface area (Å²) in [5, 5.41) is 13.2. The van der Waals surface area contributed by atoms with Gasteiger partial charge in [0, 0.05) is 44.6 Å². The fraction of sp³-hybridized carbons (Fsp3) is 0.455. The predicted octanol–water partition coefficient (Wildman–Crippen LogP) is 6.23. The maximum atomic E-state index is 15.0. The van der Waals surface area contributed by atoms with Crippen LogP contribution < -0.4 is 19.7 Å². The summed E-state index contributed by atoms with van der Waals surface area (Å²) < 4.78 is 31.4. The quantitative estimate of drug-likeness (QED) is 0.232. The first-order valence-electron chi connectivity index (χ1n) is 14.3. The minimum absolute atomic E-state index is 0.182. The standard InChI is InChI=1S/C33H43FN2O4/c1-23(2)36(22-24-6-13-33(31(34)18-24)40-17-15-35-14-5-16-38-3)32-21-29(39-4)11-12-30(32)27-8-7-26-20-28(37)10-9-25(26)19-27/h6,9-13,18,20-21,23,27,35,37H,5,7-8,14-17,19,22H2,1-4H3. The van der Waals surface area contributed by atoms with Gasteiger partial charge in [-0.1, -0.05) is 18.2 Å². The summed E-state index contributed by atoms with van der Waals surface area (Å²) in [5.74, 6) is 1.39. The number of methoxy groups -OCH3 is 2. The van der Waals surface area contributed by atoms with E-state index in [0.717, 1.165) is 49.2 Å². The van der Waals surface area contributed by atoms with Crippen molar-refractivity contribution in [1.29, 1.82) is 0 Å². The molecule has 0 radical (unpaired) electrons. The molecule has 0 amide bonds. The molecule has 4 rings (SSSR count). The lowest BCUT2D eigenvalue weighted by molar-refractivity contribution is 0.193. The third kappa shape index (κ3) is 7.67. The van der Waals surface area contributed by atoms with E-state index in [1.807, 2.05) is 24.3 Å². The monoisotopic (exact) mass is 550 g/mol. The Morgan fingerprint density at radius 3 is 2.60 bits per heavy atom. The second kappa shape index (κ2) is 14.4. The molecule has 1 aliphatic rings. The van der Waals surface area contributed by atoms with Crippen molar-refractivity contribution in [2.75, 3.05) is 45.4 Å². The fourth-order valence-electron chi connectivity index (χ4n) is 5.45. The van der Waals surface area contributed by atoms with Crippen molar-refractivity contribution in [3.05, 3.63) is 82.7 Å². The number of phenols is 1. The molecule has 0 heterocycles. The van der Waals surface area contributed by atoms with Crippen molar-refractivity contribution < 1.29 is 23.7 Å². The Morgan fingerprint density at radius 2 is 1.85 bits per heavy atom. The lowest BCUT2D eigenvalue weighted by Crippen LogP contribution is -2.32. The number of fused-ring (bicyclic) bond motifs is 1. The van der Waals surface area contributed by atoms with E-state index in [1.54, 1.807) is 32.4 Å². The van der Waals surface area contributed by atoms with E-state index in [9.17, 15) is 5.11 Å². The zero-order valence-corrected chi connectivity index (χ0v) is 24.2. The summed E-state index contributed by atoms with van der Waals surface area (Å²) in [7, 11) is 3.38. The largest absolute Gasteiger partial charge is 0.508 e. The van der Waals surface area contributed by atoms with Crippen LogP contribution in [0.5, 0.6) is 17.2 Å². The topological polar surface area (TPSA) is 63.2 Å². The van der Waals surface area contributed by atoms with Crippen molar-refractivity contribution in [1.82, 2.24) is 5.32 Å². The van der Waals surface area contributed by atoms with Gasteiger partial charge in [0.15, 0.2) is 11.6 Å². The number of anilines is 1. The Kier molecular flexibility index (Phi) is 10.7. The zero-order chi connectivity index (χ0) is 28.5. The molecule has 1 atom stereocenters. The van der Waals surface area contributed by atoms with Crippen LogP contribution in [0.1, 0.15) is 54.9 Å². The summed E-state index contributed by atoms with van der Waals surface area (Å²) in [5.41, 5.74) is 5.78. The van der Waals surface area contributed by atoms with Crippen LogP contribution in [0.2, 0.25) is 0 Å². The summed E-state index contributed by atoms with van der Waals surface area (Å²) in [6, 6.07) is 17.5. The molecule has 0 aromatic heterocycles. The van der Waals surface area contributed by atoms with Gasteiger partial charge in [0.1, 0.15) is 18.1 Å². The molecular weight excluding hydrogens is 507 g/mol. The molecule has 1 aliphatic carbocycles. The van der Waals surface area contributed by atoms with Gasteiger partial charge in [0.05, 0.1) is 7.11 Å². The highest BCUT2D eigenvalue weighted by Gasteiger charge is 2.26. The van der Waals surface area contributed by atoms with Gasteiger partial charge < -0.3 is 29.5 Å². The summed E-state index contributed by atoms with van der Waals surface area (Å²) in [4.78, 5) is 2.32. The second-order valence-corrected chi connectivity index (χ2v) is 10.7. The third-order valence-electron chi connectivity index (χ3n) is 7.62. The van der Waals surface area contributed by atoms with E-state index in [-0.39, 0.29) is 17.6 Å². The van der Waals surface area contributed by atoms with Crippen molar-refractivity contribution >= 4 is 5.69 Å². The van der Waals surface area contributed by atoms with Crippen molar-refractivity contribution in [2.24, 2.45) is 0 Å². The van der Waals surface area contributed by atoms with Gasteiger partial charge in [0.2, 0.25) is 0 Å². The van der Waals surface area contributed by atoms with Crippen molar-refractivity contribution in [3.8, 4) is 17.2 Å². The number of halogens is 1. The van der Waals surface area contributed by atoms with Crippen LogP contribution in [0.3, 0.4) is 0 Å². The average Bonchev–Trinajstić information content (AvgIpc) is 2.95. The fourth-order valence-corrected chi connectivity index (χ4v) is 5.45. The number of hydrogen-bond acceptors (Lipinski definition) is 6. The van der Waals surface area contributed by atoms with E-state index >= 15 is 4.39 Å². The van der Waals surface area contributed by atoms with E-state index in [0.29, 0.717) is 38.0 Å². The Morgan fingerprint density at radius 1 is 1.00 bits per heavy atom. The number of benzene rings is 3. The highest BCUT2D eigenvalue weighted by molar-refractivity contribution is 5.60. The molecule has 2 N–H and O–H groups in total. The molecule has 3 aromatic carbocycles. The van der Waals surface area contributed by atoms with E-state index in [4.69, 9.17) is 14.2 Å². The number of aryl methyl sites for hydroxylation is 1. The molecule has 3 aromatic rings. The highest BCUT2D eigenvalue weighted by Crippen LogP contribution is 2.40. The first-order chi connectivity index (χ1) is 19.4. The molecule has 216 valence electrons. The molecule has 7 heteroatoms. The van der Waals surface area contributed by atoms with Crippen LogP contribution in [-0.2, 0) is 24.1 Å². The molecule has 6 nitrogen and oxygen atoms in total. The minimum atomic E-state index is -0.349. The lowest BCUT2D eigenvalue weighted by atomic mass is 9.79. The van der Waals surface area contributed by atoms with Crippen LogP contribution in [0.25, 0.3) is 0 Å². The molecule has 0 bridgehead atoms. The smallest absolute Gasteiger partial charge is 0.165 e. The molecule has 0 fully saturated rings. The Bertz CT molecular complexity index is 1250. The normalized spacial score (nSPS) is 14.7. The van der Waals surface area contributed by atoms with Crippen LogP contribution in [0.15, 0.2) is 54.6 Å². The van der Waals surface area contributed by atoms with Crippen LogP contribution in [0.4, 0.5) is 10.1 Å². The van der Waals surface area contributed by atoms with Crippen LogP contribution in [-0.4, -0.2) is 51.7 Å². The van der Waals surface area contributed by atoms with Gasteiger partial charge >= 0.3 is 0 Å². The minimum Gasteiger partial charge on any atom is -0.508 e.